The Bertz CT molecular complexity index is 639. The van der Waals surface area contributed by atoms with Gasteiger partial charge in [-0.25, -0.2) is 4.98 Å². The van der Waals surface area contributed by atoms with E-state index in [1.807, 2.05) is 11.4 Å². The molecular weight excluding hydrogens is 310 g/mol. The zero-order chi connectivity index (χ0) is 14.7. The number of amides is 2. The van der Waals surface area contributed by atoms with Crippen LogP contribution in [0.1, 0.15) is 6.42 Å². The van der Waals surface area contributed by atoms with E-state index in [9.17, 15) is 9.59 Å². The van der Waals surface area contributed by atoms with Crippen LogP contribution in [0.3, 0.4) is 0 Å². The van der Waals surface area contributed by atoms with Crippen LogP contribution in [0.5, 0.6) is 0 Å². The lowest BCUT2D eigenvalue weighted by atomic mass is 10.3. The number of anilines is 1. The van der Waals surface area contributed by atoms with Crippen LogP contribution in [-0.2, 0) is 9.59 Å². The Morgan fingerprint density at radius 1 is 1.52 bits per heavy atom. The smallest absolute Gasteiger partial charge is 0.249 e. The molecule has 1 saturated heterocycles. The molecule has 1 fully saturated rings. The van der Waals surface area contributed by atoms with Crippen LogP contribution >= 0.6 is 23.1 Å². The van der Waals surface area contributed by atoms with Crippen LogP contribution in [-0.4, -0.2) is 34.3 Å². The van der Waals surface area contributed by atoms with Crippen LogP contribution in [0.25, 0.3) is 11.5 Å². The van der Waals surface area contributed by atoms with Gasteiger partial charge in [0.1, 0.15) is 11.7 Å². The number of hydrogen-bond acceptors (Lipinski definition) is 6. The average molecular weight is 323 g/mol. The Hall–Kier alpha value is -1.80. The fourth-order valence-electron chi connectivity index (χ4n) is 1.88. The number of carbonyl (C=O) groups excluding carboxylic acids is 2. The van der Waals surface area contributed by atoms with E-state index < -0.39 is 6.04 Å². The number of hydrogen-bond donors (Lipinski definition) is 2. The summed E-state index contributed by atoms with van der Waals surface area (Å²) in [7, 11) is 0. The summed E-state index contributed by atoms with van der Waals surface area (Å²) in [4.78, 5) is 27.9. The molecule has 8 heteroatoms. The molecule has 3 rings (SSSR count). The van der Waals surface area contributed by atoms with E-state index in [0.29, 0.717) is 28.8 Å². The van der Waals surface area contributed by atoms with Gasteiger partial charge in [0.15, 0.2) is 10.9 Å². The molecule has 2 N–H and O–H groups in total. The molecule has 0 aromatic carbocycles. The Kier molecular flexibility index (Phi) is 4.26. The van der Waals surface area contributed by atoms with Gasteiger partial charge in [-0.05, 0) is 12.1 Å². The monoisotopic (exact) mass is 323 g/mol. The van der Waals surface area contributed by atoms with Crippen LogP contribution in [0.15, 0.2) is 28.2 Å². The number of thiazole rings is 1. The maximum absolute atomic E-state index is 12.2. The Balaban J connectivity index is 1.66. The minimum absolute atomic E-state index is 0.0874. The van der Waals surface area contributed by atoms with Gasteiger partial charge in [0.25, 0.3) is 0 Å². The standard InChI is InChI=1S/C13H13N3O3S2/c17-11-3-5-20-6-9(14-11)12(18)16-13-15-8(7-21-13)10-2-1-4-19-10/h1-2,4,7,9H,3,5-6H2,(H,14,17)(H,15,16,18). The number of nitrogens with zero attached hydrogens (tertiary/aromatic N) is 1. The van der Waals surface area contributed by atoms with Gasteiger partial charge >= 0.3 is 0 Å². The van der Waals surface area contributed by atoms with Gasteiger partial charge in [-0.2, -0.15) is 11.8 Å². The average Bonchev–Trinajstić information content (AvgIpc) is 3.08. The van der Waals surface area contributed by atoms with Gasteiger partial charge in [0.05, 0.1) is 6.26 Å². The molecule has 1 unspecified atom stereocenters. The summed E-state index contributed by atoms with van der Waals surface area (Å²) in [5, 5.41) is 7.77. The first-order valence-corrected chi connectivity index (χ1v) is 8.43. The molecule has 0 bridgehead atoms. The number of furan rings is 1. The highest BCUT2D eigenvalue weighted by Crippen LogP contribution is 2.25. The molecule has 0 spiro atoms. The van der Waals surface area contributed by atoms with E-state index >= 15 is 0 Å². The minimum atomic E-state index is -0.513. The summed E-state index contributed by atoms with van der Waals surface area (Å²) < 4.78 is 5.26. The molecule has 2 aromatic heterocycles. The molecule has 0 saturated carbocycles. The van der Waals surface area contributed by atoms with Crippen molar-refractivity contribution < 1.29 is 14.0 Å². The molecule has 2 amide bonds. The highest BCUT2D eigenvalue weighted by atomic mass is 32.2. The van der Waals surface area contributed by atoms with Crippen molar-refractivity contribution in [1.29, 1.82) is 0 Å². The number of nitrogens with one attached hydrogen (secondary N) is 2. The second-order valence-corrected chi connectivity index (χ2v) is 6.46. The summed E-state index contributed by atoms with van der Waals surface area (Å²) >= 11 is 2.92. The largest absolute Gasteiger partial charge is 0.463 e. The Morgan fingerprint density at radius 2 is 2.43 bits per heavy atom. The minimum Gasteiger partial charge on any atom is -0.463 e. The van der Waals surface area contributed by atoms with Crippen molar-refractivity contribution in [3.8, 4) is 11.5 Å². The molecule has 1 atom stereocenters. The third-order valence-electron chi connectivity index (χ3n) is 2.92. The lowest BCUT2D eigenvalue weighted by Gasteiger charge is -2.13. The third-order valence-corrected chi connectivity index (χ3v) is 4.74. The number of aromatic nitrogens is 1. The van der Waals surface area contributed by atoms with E-state index in [2.05, 4.69) is 15.6 Å². The fraction of sp³-hybridized carbons (Fsp3) is 0.308. The molecule has 110 valence electrons. The van der Waals surface area contributed by atoms with Gasteiger partial charge < -0.3 is 15.1 Å². The molecule has 0 radical (unpaired) electrons. The van der Waals surface area contributed by atoms with Crippen molar-refractivity contribution in [2.45, 2.75) is 12.5 Å². The zero-order valence-electron chi connectivity index (χ0n) is 11.0. The molecule has 0 aliphatic carbocycles. The first-order valence-electron chi connectivity index (χ1n) is 6.40. The van der Waals surface area contributed by atoms with Crippen LogP contribution in [0.4, 0.5) is 5.13 Å². The summed E-state index contributed by atoms with van der Waals surface area (Å²) in [5.74, 6) is 1.66. The maximum atomic E-state index is 12.2. The molecule has 3 heterocycles. The highest BCUT2D eigenvalue weighted by Gasteiger charge is 2.24. The molecule has 1 aliphatic rings. The first-order chi connectivity index (χ1) is 10.2. The Labute approximate surface area is 129 Å². The number of thioether (sulfide) groups is 1. The molecule has 6 nitrogen and oxygen atoms in total. The van der Waals surface area contributed by atoms with Crippen molar-refractivity contribution in [3.63, 3.8) is 0 Å². The number of carbonyl (C=O) groups is 2. The van der Waals surface area contributed by atoms with Crippen LogP contribution in [0.2, 0.25) is 0 Å². The first kappa shape index (κ1) is 14.2. The van der Waals surface area contributed by atoms with Gasteiger partial charge in [-0.3, -0.25) is 9.59 Å². The molecule has 1 aliphatic heterocycles. The van der Waals surface area contributed by atoms with E-state index in [-0.39, 0.29) is 11.8 Å². The zero-order valence-corrected chi connectivity index (χ0v) is 12.6. The van der Waals surface area contributed by atoms with Crippen LogP contribution < -0.4 is 10.6 Å². The van der Waals surface area contributed by atoms with E-state index in [4.69, 9.17) is 4.42 Å². The van der Waals surface area contributed by atoms with Crippen molar-refractivity contribution >= 4 is 40.0 Å². The molecule has 2 aromatic rings. The van der Waals surface area contributed by atoms with Crippen molar-refractivity contribution in [1.82, 2.24) is 10.3 Å². The maximum Gasteiger partial charge on any atom is 0.249 e. The van der Waals surface area contributed by atoms with E-state index in [0.717, 1.165) is 5.75 Å². The second kappa shape index (κ2) is 6.31. The predicted octanol–water partition coefficient (Wildman–Crippen LogP) is 1.96. The topological polar surface area (TPSA) is 84.2 Å². The molecule has 21 heavy (non-hydrogen) atoms. The van der Waals surface area contributed by atoms with Crippen molar-refractivity contribution in [2.75, 3.05) is 16.8 Å². The summed E-state index contributed by atoms with van der Waals surface area (Å²) in [5.41, 5.74) is 0.680. The van der Waals surface area contributed by atoms with Crippen LogP contribution in [0, 0.1) is 0 Å². The van der Waals surface area contributed by atoms with Gasteiger partial charge in [-0.15, -0.1) is 11.3 Å². The van der Waals surface area contributed by atoms with Gasteiger partial charge in [-0.1, -0.05) is 0 Å². The SMILES string of the molecule is O=C1CCSCC(C(=O)Nc2nc(-c3ccco3)cs2)N1. The quantitative estimate of drug-likeness (QED) is 0.902. The second-order valence-electron chi connectivity index (χ2n) is 4.45. The summed E-state index contributed by atoms with van der Waals surface area (Å²) in [6, 6.07) is 3.08. The normalized spacial score (nSPS) is 18.9. The predicted molar refractivity (Wildman–Crippen MR) is 82.3 cm³/mol. The van der Waals surface area contributed by atoms with E-state index in [1.165, 1.54) is 11.3 Å². The van der Waals surface area contributed by atoms with Crippen molar-refractivity contribution in [3.05, 3.63) is 23.8 Å². The Morgan fingerprint density at radius 3 is 3.24 bits per heavy atom. The summed E-state index contributed by atoms with van der Waals surface area (Å²) in [6.07, 6.45) is 2.03. The fourth-order valence-corrected chi connectivity index (χ4v) is 3.55. The highest BCUT2D eigenvalue weighted by molar-refractivity contribution is 7.99. The van der Waals surface area contributed by atoms with E-state index in [1.54, 1.807) is 24.1 Å². The lowest BCUT2D eigenvalue weighted by Crippen LogP contribution is -2.44. The molecular formula is C13H13N3O3S2. The van der Waals surface area contributed by atoms with Gasteiger partial charge in [0.2, 0.25) is 11.8 Å². The van der Waals surface area contributed by atoms with Gasteiger partial charge in [0, 0.05) is 23.3 Å². The number of rotatable bonds is 3. The lowest BCUT2D eigenvalue weighted by molar-refractivity contribution is -0.125. The third kappa shape index (κ3) is 3.45. The van der Waals surface area contributed by atoms with Crippen molar-refractivity contribution in [2.24, 2.45) is 0 Å². The summed E-state index contributed by atoms with van der Waals surface area (Å²) in [6.45, 7) is 0.